The van der Waals surface area contributed by atoms with Crippen LogP contribution in [0.2, 0.25) is 0 Å². The van der Waals surface area contributed by atoms with E-state index in [1.807, 2.05) is 0 Å². The molecule has 1 aromatic rings. The van der Waals surface area contributed by atoms with Gasteiger partial charge in [-0.1, -0.05) is 19.8 Å². The number of nitrogens with one attached hydrogen (secondary N) is 1. The largest absolute Gasteiger partial charge is 0.388 e. The number of aromatic nitrogens is 2. The highest BCUT2D eigenvalue weighted by Crippen LogP contribution is 2.30. The maximum Gasteiger partial charge on any atom is 0.274 e. The number of anilines is 1. The summed E-state index contributed by atoms with van der Waals surface area (Å²) in [5, 5.41) is 21.4. The quantitative estimate of drug-likeness (QED) is 0.834. The first-order valence-corrected chi connectivity index (χ1v) is 7.59. The highest BCUT2D eigenvalue weighted by atomic mass is 16.3. The Morgan fingerprint density at radius 2 is 2.10 bits per heavy atom. The van der Waals surface area contributed by atoms with E-state index in [1.165, 1.54) is 4.90 Å². The molecule has 0 atom stereocenters. The molecule has 1 aliphatic rings. The van der Waals surface area contributed by atoms with E-state index < -0.39 is 5.60 Å². The van der Waals surface area contributed by atoms with Crippen LogP contribution in [-0.4, -0.2) is 51.8 Å². The predicted octanol–water partition coefficient (Wildman–Crippen LogP) is 1.68. The Bertz CT molecular complexity index is 469. The van der Waals surface area contributed by atoms with Crippen LogP contribution < -0.4 is 5.32 Å². The average Bonchev–Trinajstić information content (AvgIpc) is 2.91. The number of aliphatic hydroxyl groups is 1. The van der Waals surface area contributed by atoms with E-state index in [2.05, 4.69) is 22.4 Å². The average molecular weight is 292 g/mol. The van der Waals surface area contributed by atoms with E-state index in [1.54, 1.807) is 19.2 Å². The van der Waals surface area contributed by atoms with Crippen molar-refractivity contribution in [3.63, 3.8) is 0 Å². The number of nitrogens with zero attached hydrogens (tertiary/aromatic N) is 3. The van der Waals surface area contributed by atoms with Crippen molar-refractivity contribution < 1.29 is 9.90 Å². The number of hydrogen-bond acceptors (Lipinski definition) is 5. The molecule has 1 aromatic heterocycles. The minimum Gasteiger partial charge on any atom is -0.388 e. The second-order valence-electron chi connectivity index (χ2n) is 5.82. The Hall–Kier alpha value is -1.69. The van der Waals surface area contributed by atoms with Gasteiger partial charge >= 0.3 is 0 Å². The molecule has 1 heterocycles. The molecule has 0 aliphatic heterocycles. The fourth-order valence-corrected chi connectivity index (χ4v) is 2.69. The van der Waals surface area contributed by atoms with Gasteiger partial charge in [0.05, 0.1) is 5.60 Å². The lowest BCUT2D eigenvalue weighted by Crippen LogP contribution is -2.42. The van der Waals surface area contributed by atoms with Crippen LogP contribution >= 0.6 is 0 Å². The molecule has 6 nitrogen and oxygen atoms in total. The van der Waals surface area contributed by atoms with E-state index in [0.717, 1.165) is 38.6 Å². The van der Waals surface area contributed by atoms with Crippen LogP contribution in [0.1, 0.15) is 49.5 Å². The number of carbonyl (C=O) groups is 1. The molecule has 116 valence electrons. The minimum atomic E-state index is -0.736. The van der Waals surface area contributed by atoms with Crippen LogP contribution in [0.3, 0.4) is 0 Å². The second-order valence-corrected chi connectivity index (χ2v) is 5.82. The van der Waals surface area contributed by atoms with Gasteiger partial charge in [0.25, 0.3) is 5.91 Å². The van der Waals surface area contributed by atoms with E-state index in [0.29, 0.717) is 18.1 Å². The minimum absolute atomic E-state index is 0.204. The highest BCUT2D eigenvalue weighted by Gasteiger charge is 2.33. The highest BCUT2D eigenvalue weighted by molar-refractivity contribution is 5.92. The first kappa shape index (κ1) is 15.7. The van der Waals surface area contributed by atoms with Crippen molar-refractivity contribution in [3.8, 4) is 0 Å². The Morgan fingerprint density at radius 1 is 1.38 bits per heavy atom. The van der Waals surface area contributed by atoms with Crippen molar-refractivity contribution >= 4 is 11.7 Å². The molecule has 0 spiro atoms. The van der Waals surface area contributed by atoms with Gasteiger partial charge in [0.2, 0.25) is 0 Å². The lowest BCUT2D eigenvalue weighted by molar-refractivity contribution is 0.0154. The number of likely N-dealkylation sites (N-methyl/N-ethyl adjacent to an activating group) is 1. The summed E-state index contributed by atoms with van der Waals surface area (Å²) in [6.07, 6.45) is 4.57. The molecule has 6 heteroatoms. The maximum atomic E-state index is 12.3. The topological polar surface area (TPSA) is 78.4 Å². The molecular weight excluding hydrogens is 268 g/mol. The summed E-state index contributed by atoms with van der Waals surface area (Å²) in [6.45, 7) is 3.25. The summed E-state index contributed by atoms with van der Waals surface area (Å²) in [5.41, 5.74) is -0.429. The standard InChI is InChI=1S/C15H24N4O2/c1-3-10-16-13-7-6-12(17-18-13)14(20)19(2)11-15(21)8-4-5-9-15/h6-7,21H,3-5,8-11H2,1-2H3,(H,16,18). The van der Waals surface area contributed by atoms with E-state index in [-0.39, 0.29) is 5.91 Å². The molecule has 1 amide bonds. The summed E-state index contributed by atoms with van der Waals surface area (Å²) in [5.74, 6) is 0.468. The van der Waals surface area contributed by atoms with Crippen LogP contribution in [0.4, 0.5) is 5.82 Å². The van der Waals surface area contributed by atoms with Gasteiger partial charge in [0.1, 0.15) is 5.82 Å². The Morgan fingerprint density at radius 3 is 2.67 bits per heavy atom. The van der Waals surface area contributed by atoms with Gasteiger partial charge in [0, 0.05) is 20.1 Å². The number of carbonyl (C=O) groups excluding carboxylic acids is 1. The summed E-state index contributed by atoms with van der Waals surface area (Å²) in [6, 6.07) is 3.43. The van der Waals surface area contributed by atoms with Gasteiger partial charge in [-0.3, -0.25) is 4.79 Å². The van der Waals surface area contributed by atoms with E-state index >= 15 is 0 Å². The smallest absolute Gasteiger partial charge is 0.274 e. The molecule has 0 radical (unpaired) electrons. The van der Waals surface area contributed by atoms with Gasteiger partial charge in [-0.25, -0.2) is 0 Å². The second kappa shape index (κ2) is 6.85. The third-order valence-corrected chi connectivity index (χ3v) is 3.85. The molecule has 0 aromatic carbocycles. The van der Waals surface area contributed by atoms with Gasteiger partial charge in [-0.05, 0) is 31.4 Å². The molecule has 2 N–H and O–H groups in total. The van der Waals surface area contributed by atoms with Crippen LogP contribution in [0.15, 0.2) is 12.1 Å². The first-order valence-electron chi connectivity index (χ1n) is 7.59. The molecule has 1 saturated carbocycles. The van der Waals surface area contributed by atoms with Crippen LogP contribution in [0.25, 0.3) is 0 Å². The molecule has 2 rings (SSSR count). The number of amides is 1. The number of hydrogen-bond donors (Lipinski definition) is 2. The third-order valence-electron chi connectivity index (χ3n) is 3.85. The predicted molar refractivity (Wildman–Crippen MR) is 81.2 cm³/mol. The van der Waals surface area contributed by atoms with Crippen molar-refractivity contribution in [1.82, 2.24) is 15.1 Å². The van der Waals surface area contributed by atoms with Crippen molar-refractivity contribution in [3.05, 3.63) is 17.8 Å². The zero-order chi connectivity index (χ0) is 15.3. The van der Waals surface area contributed by atoms with E-state index in [9.17, 15) is 9.90 Å². The molecule has 0 bridgehead atoms. The molecular formula is C15H24N4O2. The zero-order valence-electron chi connectivity index (χ0n) is 12.8. The monoisotopic (exact) mass is 292 g/mol. The van der Waals surface area contributed by atoms with Gasteiger partial charge < -0.3 is 15.3 Å². The van der Waals surface area contributed by atoms with Gasteiger partial charge in [0.15, 0.2) is 5.69 Å². The van der Waals surface area contributed by atoms with E-state index in [4.69, 9.17) is 0 Å². The summed E-state index contributed by atoms with van der Waals surface area (Å²) in [4.78, 5) is 13.8. The number of rotatable bonds is 6. The maximum absolute atomic E-state index is 12.3. The SMILES string of the molecule is CCCNc1ccc(C(=O)N(C)CC2(O)CCCC2)nn1. The van der Waals surface area contributed by atoms with Crippen LogP contribution in [0.5, 0.6) is 0 Å². The Balaban J connectivity index is 1.95. The van der Waals surface area contributed by atoms with Crippen molar-refractivity contribution in [1.29, 1.82) is 0 Å². The fraction of sp³-hybridized carbons (Fsp3) is 0.667. The third kappa shape index (κ3) is 4.14. The van der Waals surface area contributed by atoms with Crippen molar-refractivity contribution in [2.45, 2.75) is 44.6 Å². The summed E-state index contributed by atoms with van der Waals surface area (Å²) >= 11 is 0. The van der Waals surface area contributed by atoms with Crippen molar-refractivity contribution in [2.24, 2.45) is 0 Å². The normalized spacial score (nSPS) is 16.7. The molecule has 0 unspecified atom stereocenters. The molecule has 0 saturated heterocycles. The fourth-order valence-electron chi connectivity index (χ4n) is 2.69. The molecule has 1 aliphatic carbocycles. The molecule has 21 heavy (non-hydrogen) atoms. The Labute approximate surface area is 125 Å². The first-order chi connectivity index (χ1) is 10.0. The van der Waals surface area contributed by atoms with Crippen molar-refractivity contribution in [2.75, 3.05) is 25.5 Å². The summed E-state index contributed by atoms with van der Waals surface area (Å²) < 4.78 is 0. The van der Waals surface area contributed by atoms with Crippen LogP contribution in [0, 0.1) is 0 Å². The zero-order valence-corrected chi connectivity index (χ0v) is 12.8. The van der Waals surface area contributed by atoms with Gasteiger partial charge in [-0.15, -0.1) is 10.2 Å². The van der Waals surface area contributed by atoms with Gasteiger partial charge in [-0.2, -0.15) is 0 Å². The lowest BCUT2D eigenvalue weighted by atomic mass is 10.0. The Kier molecular flexibility index (Phi) is 5.12. The molecule has 1 fully saturated rings. The van der Waals surface area contributed by atoms with Crippen LogP contribution in [-0.2, 0) is 0 Å². The lowest BCUT2D eigenvalue weighted by Gasteiger charge is -2.28. The summed E-state index contributed by atoms with van der Waals surface area (Å²) in [7, 11) is 1.70.